The summed E-state index contributed by atoms with van der Waals surface area (Å²) in [6.07, 6.45) is 16.2. The van der Waals surface area contributed by atoms with Gasteiger partial charge in [-0.1, -0.05) is 91.9 Å². The third kappa shape index (κ3) is 10.2. The maximum Gasteiger partial charge on any atom is 0.125 e. The molecule has 0 radical (unpaired) electrons. The van der Waals surface area contributed by atoms with E-state index in [0.29, 0.717) is 5.92 Å². The Morgan fingerprint density at radius 1 is 0.842 bits per heavy atom. The van der Waals surface area contributed by atoms with E-state index in [9.17, 15) is 4.79 Å². The first-order valence-electron chi connectivity index (χ1n) is 8.51. The molecule has 19 heavy (non-hydrogen) atoms. The maximum absolute atomic E-state index is 11.0. The van der Waals surface area contributed by atoms with Gasteiger partial charge in [-0.05, 0) is 12.3 Å². The Morgan fingerprint density at radius 2 is 1.26 bits per heavy atom. The fourth-order valence-corrected chi connectivity index (χ4v) is 2.43. The first-order valence-corrected chi connectivity index (χ1v) is 8.51. The quantitative estimate of drug-likeness (QED) is 0.289. The van der Waals surface area contributed by atoms with Crippen LogP contribution in [-0.4, -0.2) is 6.29 Å². The molecule has 0 saturated heterocycles. The van der Waals surface area contributed by atoms with Crippen molar-refractivity contribution in [2.75, 3.05) is 0 Å². The van der Waals surface area contributed by atoms with Crippen molar-refractivity contribution in [3.8, 4) is 0 Å². The van der Waals surface area contributed by atoms with Crippen LogP contribution >= 0.6 is 0 Å². The van der Waals surface area contributed by atoms with Gasteiger partial charge in [0.25, 0.3) is 0 Å². The van der Waals surface area contributed by atoms with Crippen LogP contribution in [0.1, 0.15) is 98.3 Å². The number of hydrogen-bond acceptors (Lipinski definition) is 1. The van der Waals surface area contributed by atoms with Crippen LogP contribution in [0, 0.1) is 11.3 Å². The van der Waals surface area contributed by atoms with Crippen LogP contribution in [0.2, 0.25) is 0 Å². The molecule has 0 bridgehead atoms. The Morgan fingerprint density at radius 3 is 1.68 bits per heavy atom. The van der Waals surface area contributed by atoms with E-state index in [-0.39, 0.29) is 5.41 Å². The summed E-state index contributed by atoms with van der Waals surface area (Å²) in [6.45, 7) is 8.59. The van der Waals surface area contributed by atoms with Gasteiger partial charge in [0.05, 0.1) is 0 Å². The molecule has 0 aliphatic carbocycles. The molecule has 0 aromatic rings. The second kappa shape index (κ2) is 11.5. The van der Waals surface area contributed by atoms with Crippen LogP contribution in [-0.2, 0) is 4.79 Å². The topological polar surface area (TPSA) is 17.1 Å². The molecular formula is C18H36O. The summed E-state index contributed by atoms with van der Waals surface area (Å²) in [7, 11) is 0. The zero-order valence-corrected chi connectivity index (χ0v) is 13.8. The predicted octanol–water partition coefficient (Wildman–Crippen LogP) is 6.16. The van der Waals surface area contributed by atoms with Crippen LogP contribution in [0.15, 0.2) is 0 Å². The highest BCUT2D eigenvalue weighted by molar-refractivity contribution is 5.58. The number of hydrogen-bond donors (Lipinski definition) is 0. The number of carbonyl (C=O) groups is 1. The lowest BCUT2D eigenvalue weighted by Gasteiger charge is -2.25. The molecule has 0 aliphatic rings. The normalized spacial score (nSPS) is 13.5. The third-order valence-corrected chi connectivity index (χ3v) is 4.56. The first kappa shape index (κ1) is 18.7. The van der Waals surface area contributed by atoms with Crippen molar-refractivity contribution in [1.29, 1.82) is 0 Å². The lowest BCUT2D eigenvalue weighted by Crippen LogP contribution is -2.22. The standard InChI is InChI=1S/C18H36O/c1-5-6-7-8-9-10-11-12-13-14-15-17(2)18(3,4)16-19/h16-17H,5-15H2,1-4H3. The van der Waals surface area contributed by atoms with Crippen molar-refractivity contribution in [3.63, 3.8) is 0 Å². The molecule has 0 heterocycles. The molecule has 0 N–H and O–H groups in total. The van der Waals surface area contributed by atoms with Gasteiger partial charge in [-0.3, -0.25) is 0 Å². The number of unbranched alkanes of at least 4 members (excludes halogenated alkanes) is 9. The molecule has 0 aliphatic heterocycles. The molecule has 0 spiro atoms. The summed E-state index contributed by atoms with van der Waals surface area (Å²) in [6, 6.07) is 0. The van der Waals surface area contributed by atoms with Crippen molar-refractivity contribution < 1.29 is 4.79 Å². The first-order chi connectivity index (χ1) is 9.04. The summed E-state index contributed by atoms with van der Waals surface area (Å²) >= 11 is 0. The molecule has 1 heteroatoms. The molecule has 0 aromatic heterocycles. The predicted molar refractivity (Wildman–Crippen MR) is 85.5 cm³/mol. The molecule has 0 saturated carbocycles. The van der Waals surface area contributed by atoms with E-state index in [0.717, 1.165) is 6.29 Å². The average molecular weight is 268 g/mol. The Balaban J connectivity index is 3.29. The Hall–Kier alpha value is -0.330. The Bertz CT molecular complexity index is 208. The van der Waals surface area contributed by atoms with Crippen LogP contribution in [0.3, 0.4) is 0 Å². The van der Waals surface area contributed by atoms with E-state index in [1.54, 1.807) is 0 Å². The molecule has 1 atom stereocenters. The minimum absolute atomic E-state index is 0.140. The zero-order chi connectivity index (χ0) is 14.6. The van der Waals surface area contributed by atoms with Gasteiger partial charge in [0.2, 0.25) is 0 Å². The third-order valence-electron chi connectivity index (χ3n) is 4.56. The van der Waals surface area contributed by atoms with Gasteiger partial charge in [0.1, 0.15) is 6.29 Å². The van der Waals surface area contributed by atoms with Crippen molar-refractivity contribution in [2.24, 2.45) is 11.3 Å². The summed E-state index contributed by atoms with van der Waals surface area (Å²) < 4.78 is 0. The summed E-state index contributed by atoms with van der Waals surface area (Å²) in [5, 5.41) is 0. The summed E-state index contributed by atoms with van der Waals surface area (Å²) in [5.74, 6) is 0.513. The molecule has 1 nitrogen and oxygen atoms in total. The molecule has 0 fully saturated rings. The van der Waals surface area contributed by atoms with E-state index >= 15 is 0 Å². The number of aldehydes is 1. The molecule has 0 aromatic carbocycles. The lowest BCUT2D eigenvalue weighted by molar-refractivity contribution is -0.116. The molecular weight excluding hydrogens is 232 g/mol. The van der Waals surface area contributed by atoms with E-state index < -0.39 is 0 Å². The van der Waals surface area contributed by atoms with Gasteiger partial charge in [0.15, 0.2) is 0 Å². The van der Waals surface area contributed by atoms with Crippen LogP contribution in [0.4, 0.5) is 0 Å². The van der Waals surface area contributed by atoms with Gasteiger partial charge in [0, 0.05) is 5.41 Å². The number of rotatable bonds is 13. The van der Waals surface area contributed by atoms with Crippen LogP contribution in [0.5, 0.6) is 0 Å². The molecule has 0 rings (SSSR count). The molecule has 1 unspecified atom stereocenters. The minimum Gasteiger partial charge on any atom is -0.303 e. The Kier molecular flexibility index (Phi) is 11.3. The summed E-state index contributed by atoms with van der Waals surface area (Å²) in [5.41, 5.74) is -0.140. The number of carbonyl (C=O) groups excluding carboxylic acids is 1. The minimum atomic E-state index is -0.140. The van der Waals surface area contributed by atoms with Crippen molar-refractivity contribution >= 4 is 6.29 Å². The highest BCUT2D eigenvalue weighted by Gasteiger charge is 2.24. The van der Waals surface area contributed by atoms with Gasteiger partial charge < -0.3 is 4.79 Å². The highest BCUT2D eigenvalue weighted by atomic mass is 16.1. The molecule has 114 valence electrons. The summed E-state index contributed by atoms with van der Waals surface area (Å²) in [4.78, 5) is 11.0. The average Bonchev–Trinajstić information content (AvgIpc) is 2.40. The largest absolute Gasteiger partial charge is 0.303 e. The second-order valence-electron chi connectivity index (χ2n) is 6.81. The smallest absolute Gasteiger partial charge is 0.125 e. The van der Waals surface area contributed by atoms with Crippen molar-refractivity contribution in [2.45, 2.75) is 98.3 Å². The van der Waals surface area contributed by atoms with Gasteiger partial charge in [-0.15, -0.1) is 0 Å². The maximum atomic E-state index is 11.0. The van der Waals surface area contributed by atoms with Gasteiger partial charge in [-0.25, -0.2) is 0 Å². The zero-order valence-electron chi connectivity index (χ0n) is 13.8. The fourth-order valence-electron chi connectivity index (χ4n) is 2.43. The van der Waals surface area contributed by atoms with Crippen molar-refractivity contribution in [3.05, 3.63) is 0 Å². The van der Waals surface area contributed by atoms with E-state index in [4.69, 9.17) is 0 Å². The van der Waals surface area contributed by atoms with Crippen molar-refractivity contribution in [1.82, 2.24) is 0 Å². The fraction of sp³-hybridized carbons (Fsp3) is 0.944. The highest BCUT2D eigenvalue weighted by Crippen LogP contribution is 2.28. The molecule has 0 amide bonds. The van der Waals surface area contributed by atoms with E-state index in [1.807, 2.05) is 0 Å². The van der Waals surface area contributed by atoms with Crippen LogP contribution in [0.25, 0.3) is 0 Å². The van der Waals surface area contributed by atoms with Gasteiger partial charge in [-0.2, -0.15) is 0 Å². The monoisotopic (exact) mass is 268 g/mol. The lowest BCUT2D eigenvalue weighted by atomic mass is 9.78. The van der Waals surface area contributed by atoms with Gasteiger partial charge >= 0.3 is 0 Å². The van der Waals surface area contributed by atoms with E-state index in [2.05, 4.69) is 27.7 Å². The second-order valence-corrected chi connectivity index (χ2v) is 6.81. The van der Waals surface area contributed by atoms with E-state index in [1.165, 1.54) is 70.6 Å². The SMILES string of the molecule is CCCCCCCCCCCCC(C)C(C)(C)C=O. The van der Waals surface area contributed by atoms with Crippen LogP contribution < -0.4 is 0 Å². The Labute approximate surface area is 121 Å².